The van der Waals surface area contributed by atoms with Crippen molar-refractivity contribution in [2.45, 2.75) is 19.5 Å². The van der Waals surface area contributed by atoms with E-state index in [1.54, 1.807) is 19.1 Å². The van der Waals surface area contributed by atoms with E-state index in [1.165, 1.54) is 12.1 Å². The first kappa shape index (κ1) is 14.3. The van der Waals surface area contributed by atoms with Gasteiger partial charge in [0.2, 0.25) is 0 Å². The fourth-order valence-corrected chi connectivity index (χ4v) is 1.88. The molecule has 1 unspecified atom stereocenters. The predicted octanol–water partition coefficient (Wildman–Crippen LogP) is 3.23. The zero-order chi connectivity index (χ0) is 14.7. The number of benzene rings is 2. The topological polar surface area (TPSA) is 52.5 Å². The van der Waals surface area contributed by atoms with E-state index in [2.05, 4.69) is 5.32 Å². The van der Waals surface area contributed by atoms with Gasteiger partial charge >= 0.3 is 0 Å². The Hall–Kier alpha value is -2.14. The van der Waals surface area contributed by atoms with Gasteiger partial charge in [-0.05, 0) is 30.7 Å². The summed E-state index contributed by atoms with van der Waals surface area (Å²) in [5.41, 5.74) is 1.13. The molecule has 2 aromatic carbocycles. The summed E-state index contributed by atoms with van der Waals surface area (Å²) in [6, 6.07) is 8.15. The van der Waals surface area contributed by atoms with E-state index < -0.39 is 11.6 Å². The van der Waals surface area contributed by atoms with Crippen molar-refractivity contribution in [2.75, 3.05) is 0 Å². The summed E-state index contributed by atoms with van der Waals surface area (Å²) >= 11 is 0. The summed E-state index contributed by atoms with van der Waals surface area (Å²) in [5, 5.41) is 22.1. The maximum Gasteiger partial charge on any atom is 0.161 e. The summed E-state index contributed by atoms with van der Waals surface area (Å²) in [6.45, 7) is 2.09. The molecule has 2 aromatic rings. The molecule has 5 heteroatoms. The minimum Gasteiger partial charge on any atom is -0.504 e. The van der Waals surface area contributed by atoms with Crippen molar-refractivity contribution in [3.05, 3.63) is 59.2 Å². The van der Waals surface area contributed by atoms with E-state index in [-0.39, 0.29) is 17.5 Å². The first-order valence-electron chi connectivity index (χ1n) is 6.17. The smallest absolute Gasteiger partial charge is 0.161 e. The summed E-state index contributed by atoms with van der Waals surface area (Å²) < 4.78 is 26.0. The minimum atomic E-state index is -0.892. The van der Waals surface area contributed by atoms with Gasteiger partial charge in [0.05, 0.1) is 0 Å². The van der Waals surface area contributed by atoms with Gasteiger partial charge in [0.1, 0.15) is 0 Å². The van der Waals surface area contributed by atoms with Crippen LogP contribution in [0.25, 0.3) is 0 Å². The van der Waals surface area contributed by atoms with Crippen LogP contribution in [0.2, 0.25) is 0 Å². The summed E-state index contributed by atoms with van der Waals surface area (Å²) in [4.78, 5) is 0. The van der Waals surface area contributed by atoms with Crippen LogP contribution in [0.15, 0.2) is 36.4 Å². The van der Waals surface area contributed by atoms with Gasteiger partial charge in [0, 0.05) is 18.2 Å². The number of aromatic hydroxyl groups is 2. The van der Waals surface area contributed by atoms with Gasteiger partial charge in [-0.3, -0.25) is 0 Å². The lowest BCUT2D eigenvalue weighted by molar-refractivity contribution is 0.396. The second-order valence-electron chi connectivity index (χ2n) is 4.56. The van der Waals surface area contributed by atoms with Gasteiger partial charge < -0.3 is 15.5 Å². The van der Waals surface area contributed by atoms with Crippen molar-refractivity contribution in [3.8, 4) is 11.5 Å². The molecular formula is C15H15F2NO2. The van der Waals surface area contributed by atoms with E-state index in [0.717, 1.165) is 12.1 Å². The minimum absolute atomic E-state index is 0.183. The monoisotopic (exact) mass is 279 g/mol. The fourth-order valence-electron chi connectivity index (χ4n) is 1.88. The molecule has 2 rings (SSSR count). The van der Waals surface area contributed by atoms with Crippen molar-refractivity contribution in [1.82, 2.24) is 5.32 Å². The standard InChI is InChI=1S/C15H15F2NO2/c1-9(10-5-6-12(16)13(17)7-10)18-8-11-3-2-4-14(19)15(11)20/h2-7,9,18-20H,8H2,1H3. The molecule has 0 amide bonds. The second kappa shape index (κ2) is 5.88. The third kappa shape index (κ3) is 3.05. The molecular weight excluding hydrogens is 264 g/mol. The zero-order valence-electron chi connectivity index (χ0n) is 10.9. The van der Waals surface area contributed by atoms with Crippen molar-refractivity contribution in [3.63, 3.8) is 0 Å². The molecule has 1 atom stereocenters. The molecule has 0 saturated carbocycles. The summed E-state index contributed by atoms with van der Waals surface area (Å²) in [6.07, 6.45) is 0. The van der Waals surface area contributed by atoms with E-state index in [0.29, 0.717) is 17.7 Å². The molecule has 106 valence electrons. The lowest BCUT2D eigenvalue weighted by Crippen LogP contribution is -2.18. The average Bonchev–Trinajstić information content (AvgIpc) is 2.43. The van der Waals surface area contributed by atoms with Gasteiger partial charge in [-0.2, -0.15) is 0 Å². The Morgan fingerprint density at radius 2 is 1.85 bits per heavy atom. The Morgan fingerprint density at radius 3 is 2.55 bits per heavy atom. The molecule has 3 N–H and O–H groups in total. The number of para-hydroxylation sites is 1. The quantitative estimate of drug-likeness (QED) is 0.753. The molecule has 0 spiro atoms. The lowest BCUT2D eigenvalue weighted by atomic mass is 10.1. The Balaban J connectivity index is 2.06. The molecule has 0 aliphatic carbocycles. The van der Waals surface area contributed by atoms with Crippen LogP contribution in [0.3, 0.4) is 0 Å². The molecule has 3 nitrogen and oxygen atoms in total. The maximum atomic E-state index is 13.1. The molecule has 20 heavy (non-hydrogen) atoms. The molecule has 0 saturated heterocycles. The molecule has 0 aromatic heterocycles. The predicted molar refractivity (Wildman–Crippen MR) is 71.4 cm³/mol. The van der Waals surface area contributed by atoms with Gasteiger partial charge in [-0.25, -0.2) is 8.78 Å². The van der Waals surface area contributed by atoms with Crippen LogP contribution < -0.4 is 5.32 Å². The number of hydrogen-bond donors (Lipinski definition) is 3. The Labute approximate surface area is 115 Å². The normalized spacial score (nSPS) is 12.3. The molecule has 0 aliphatic heterocycles. The molecule has 0 fully saturated rings. The van der Waals surface area contributed by atoms with Crippen LogP contribution in [0.4, 0.5) is 8.78 Å². The Kier molecular flexibility index (Phi) is 4.20. The Morgan fingerprint density at radius 1 is 1.10 bits per heavy atom. The van der Waals surface area contributed by atoms with Crippen LogP contribution >= 0.6 is 0 Å². The van der Waals surface area contributed by atoms with Crippen LogP contribution in [0.5, 0.6) is 11.5 Å². The average molecular weight is 279 g/mol. The van der Waals surface area contributed by atoms with Crippen LogP contribution in [-0.2, 0) is 6.54 Å². The molecule has 0 heterocycles. The van der Waals surface area contributed by atoms with Gasteiger partial charge in [0.15, 0.2) is 23.1 Å². The highest BCUT2D eigenvalue weighted by Gasteiger charge is 2.11. The summed E-state index contributed by atoms with van der Waals surface area (Å²) in [7, 11) is 0. The molecule has 0 aliphatic rings. The van der Waals surface area contributed by atoms with Crippen LogP contribution in [0.1, 0.15) is 24.1 Å². The maximum absolute atomic E-state index is 13.1. The number of phenols is 2. The van der Waals surface area contributed by atoms with Gasteiger partial charge in [-0.1, -0.05) is 18.2 Å². The van der Waals surface area contributed by atoms with Crippen molar-refractivity contribution in [1.29, 1.82) is 0 Å². The van der Waals surface area contributed by atoms with E-state index in [4.69, 9.17) is 0 Å². The molecule has 0 bridgehead atoms. The fraction of sp³-hybridized carbons (Fsp3) is 0.200. The van der Waals surface area contributed by atoms with Gasteiger partial charge in [-0.15, -0.1) is 0 Å². The van der Waals surface area contributed by atoms with Gasteiger partial charge in [0.25, 0.3) is 0 Å². The van der Waals surface area contributed by atoms with Crippen molar-refractivity contribution in [2.24, 2.45) is 0 Å². The Bertz CT molecular complexity index is 617. The number of rotatable bonds is 4. The zero-order valence-corrected chi connectivity index (χ0v) is 10.9. The lowest BCUT2D eigenvalue weighted by Gasteiger charge is -2.15. The molecule has 0 radical (unpaired) electrons. The van der Waals surface area contributed by atoms with E-state index in [9.17, 15) is 19.0 Å². The van der Waals surface area contributed by atoms with Crippen LogP contribution in [-0.4, -0.2) is 10.2 Å². The van der Waals surface area contributed by atoms with Crippen molar-refractivity contribution >= 4 is 0 Å². The number of phenolic OH excluding ortho intramolecular Hbond substituents is 2. The highest BCUT2D eigenvalue weighted by atomic mass is 19.2. The second-order valence-corrected chi connectivity index (χ2v) is 4.56. The largest absolute Gasteiger partial charge is 0.504 e. The first-order valence-corrected chi connectivity index (χ1v) is 6.17. The highest BCUT2D eigenvalue weighted by Crippen LogP contribution is 2.28. The SMILES string of the molecule is CC(NCc1cccc(O)c1O)c1ccc(F)c(F)c1. The third-order valence-electron chi connectivity index (χ3n) is 3.14. The van der Waals surface area contributed by atoms with E-state index >= 15 is 0 Å². The first-order chi connectivity index (χ1) is 9.49. The number of halogens is 2. The number of hydrogen-bond acceptors (Lipinski definition) is 3. The van der Waals surface area contributed by atoms with Crippen molar-refractivity contribution < 1.29 is 19.0 Å². The van der Waals surface area contributed by atoms with E-state index in [1.807, 2.05) is 0 Å². The number of nitrogens with one attached hydrogen (secondary N) is 1. The van der Waals surface area contributed by atoms with Crippen LogP contribution in [0, 0.1) is 11.6 Å². The third-order valence-corrected chi connectivity index (χ3v) is 3.14. The highest BCUT2D eigenvalue weighted by molar-refractivity contribution is 5.44. The summed E-state index contributed by atoms with van der Waals surface area (Å²) in [5.74, 6) is -2.15.